The molecule has 1 aromatic rings. The van der Waals surface area contributed by atoms with Crippen LogP contribution in [0.3, 0.4) is 0 Å². The van der Waals surface area contributed by atoms with E-state index in [1.165, 1.54) is 0 Å². The van der Waals surface area contributed by atoms with E-state index in [4.69, 9.17) is 0 Å². The molecule has 0 aliphatic rings. The number of rotatable bonds is 1. The van der Waals surface area contributed by atoms with E-state index in [0.717, 1.165) is 0 Å². The molecule has 0 atom stereocenters. The van der Waals surface area contributed by atoms with Crippen LogP contribution in [-0.4, -0.2) is 15.1 Å². The molecule has 0 amide bonds. The van der Waals surface area contributed by atoms with Crippen LogP contribution in [0.15, 0.2) is 17.4 Å². The largest absolute Gasteiger partial charge is 0.419 e. The Bertz CT molecular complexity index is 339. The molecule has 3 nitrogen and oxygen atoms in total. The third kappa shape index (κ3) is 2.57. The molecule has 68 valence electrons. The Balaban J connectivity index is 3.00. The van der Waals surface area contributed by atoms with Crippen LogP contribution in [0, 0.1) is 0 Å². The van der Waals surface area contributed by atoms with Crippen molar-refractivity contribution in [3.63, 3.8) is 0 Å². The molecule has 0 saturated carbocycles. The fourth-order valence-corrected chi connectivity index (χ4v) is 0.648. The maximum Gasteiger partial charge on any atom is 0.419 e. The molecule has 0 saturated heterocycles. The molecule has 0 unspecified atom stereocenters. The van der Waals surface area contributed by atoms with Crippen LogP contribution >= 0.6 is 12.2 Å². The summed E-state index contributed by atoms with van der Waals surface area (Å²) < 4.78 is 35.9. The Kier molecular flexibility index (Phi) is 2.69. The maximum atomic E-state index is 12.0. The van der Waals surface area contributed by atoms with Gasteiger partial charge in [-0.2, -0.15) is 18.2 Å². The highest BCUT2D eigenvalue weighted by molar-refractivity contribution is 7.78. The van der Waals surface area contributed by atoms with Crippen LogP contribution in [0.5, 0.6) is 0 Å². The summed E-state index contributed by atoms with van der Waals surface area (Å²) in [6, 6.07) is 0. The van der Waals surface area contributed by atoms with Gasteiger partial charge in [-0.25, -0.2) is 9.97 Å². The van der Waals surface area contributed by atoms with E-state index in [2.05, 4.69) is 27.2 Å². The SMILES string of the molecule is FC(F)(F)c1cnc(N=C=S)nc1. The van der Waals surface area contributed by atoms with E-state index in [1.54, 1.807) is 0 Å². The standard InChI is InChI=1S/C6H2F3N3S/c7-6(8,9)4-1-10-5(11-2-4)12-3-13/h1-2H. The third-order valence-electron chi connectivity index (χ3n) is 1.11. The first-order valence-corrected chi connectivity index (χ1v) is 3.42. The normalized spacial score (nSPS) is 10.7. The van der Waals surface area contributed by atoms with Gasteiger partial charge in [-0.05, 0) is 12.2 Å². The smallest absolute Gasteiger partial charge is 0.218 e. The van der Waals surface area contributed by atoms with Gasteiger partial charge < -0.3 is 0 Å². The first kappa shape index (κ1) is 9.76. The number of aromatic nitrogens is 2. The molecule has 0 aliphatic carbocycles. The van der Waals surface area contributed by atoms with Gasteiger partial charge in [-0.15, -0.1) is 0 Å². The zero-order valence-electron chi connectivity index (χ0n) is 6.04. The van der Waals surface area contributed by atoms with Gasteiger partial charge in [0.15, 0.2) is 0 Å². The monoisotopic (exact) mass is 205 g/mol. The van der Waals surface area contributed by atoms with E-state index in [9.17, 15) is 13.2 Å². The highest BCUT2D eigenvalue weighted by Crippen LogP contribution is 2.28. The number of nitrogens with zero attached hydrogens (tertiary/aromatic N) is 3. The van der Waals surface area contributed by atoms with Crippen molar-refractivity contribution in [2.75, 3.05) is 0 Å². The molecule has 0 fully saturated rings. The number of hydrogen-bond donors (Lipinski definition) is 0. The van der Waals surface area contributed by atoms with Crippen molar-refractivity contribution in [2.45, 2.75) is 6.18 Å². The van der Waals surface area contributed by atoms with E-state index in [0.29, 0.717) is 12.4 Å². The summed E-state index contributed by atoms with van der Waals surface area (Å²) in [6.07, 6.45) is -3.16. The average molecular weight is 205 g/mol. The van der Waals surface area contributed by atoms with Crippen molar-refractivity contribution in [1.82, 2.24) is 9.97 Å². The molecular formula is C6H2F3N3S. The molecule has 0 aliphatic heterocycles. The minimum absolute atomic E-state index is 0.136. The Labute approximate surface area is 76.4 Å². The van der Waals surface area contributed by atoms with Crippen LogP contribution in [-0.2, 0) is 6.18 Å². The van der Waals surface area contributed by atoms with Crippen molar-refractivity contribution < 1.29 is 13.2 Å². The van der Waals surface area contributed by atoms with Crippen LogP contribution in [0.2, 0.25) is 0 Å². The van der Waals surface area contributed by atoms with Crippen molar-refractivity contribution in [2.24, 2.45) is 4.99 Å². The van der Waals surface area contributed by atoms with E-state index >= 15 is 0 Å². The van der Waals surface area contributed by atoms with E-state index < -0.39 is 11.7 Å². The summed E-state index contributed by atoms with van der Waals surface area (Å²) in [5.41, 5.74) is -0.921. The minimum Gasteiger partial charge on any atom is -0.218 e. The number of isothiocyanates is 1. The number of alkyl halides is 3. The fraction of sp³-hybridized carbons (Fsp3) is 0.167. The molecular weight excluding hydrogens is 203 g/mol. The van der Waals surface area contributed by atoms with Gasteiger partial charge in [0.25, 0.3) is 5.95 Å². The lowest BCUT2D eigenvalue weighted by atomic mass is 10.3. The van der Waals surface area contributed by atoms with Crippen molar-refractivity contribution in [3.8, 4) is 0 Å². The second kappa shape index (κ2) is 3.59. The summed E-state index contributed by atoms with van der Waals surface area (Å²) in [6.45, 7) is 0. The summed E-state index contributed by atoms with van der Waals surface area (Å²) in [7, 11) is 0. The highest BCUT2D eigenvalue weighted by atomic mass is 32.1. The molecule has 1 rings (SSSR count). The van der Waals surface area contributed by atoms with Gasteiger partial charge in [-0.1, -0.05) is 0 Å². The summed E-state index contributed by atoms with van der Waals surface area (Å²) in [4.78, 5) is 9.92. The van der Waals surface area contributed by atoms with Crippen molar-refractivity contribution in [1.29, 1.82) is 0 Å². The zero-order valence-corrected chi connectivity index (χ0v) is 6.85. The lowest BCUT2D eigenvalue weighted by Gasteiger charge is -2.03. The molecule has 0 bridgehead atoms. The first-order chi connectivity index (χ1) is 6.04. The number of aliphatic imine (C=N–C) groups is 1. The van der Waals surface area contributed by atoms with Crippen LogP contribution in [0.25, 0.3) is 0 Å². The predicted octanol–water partition coefficient (Wildman–Crippen LogP) is 2.23. The molecule has 0 radical (unpaired) electrons. The Morgan fingerprint density at radius 3 is 2.23 bits per heavy atom. The third-order valence-corrected chi connectivity index (χ3v) is 1.20. The topological polar surface area (TPSA) is 38.1 Å². The van der Waals surface area contributed by atoms with E-state index in [-0.39, 0.29) is 5.95 Å². The van der Waals surface area contributed by atoms with E-state index in [1.807, 2.05) is 5.16 Å². The van der Waals surface area contributed by atoms with Crippen LogP contribution in [0.1, 0.15) is 5.56 Å². The summed E-state index contributed by atoms with van der Waals surface area (Å²) >= 11 is 4.22. The maximum absolute atomic E-state index is 12.0. The van der Waals surface area contributed by atoms with Gasteiger partial charge in [0, 0.05) is 12.4 Å². The lowest BCUT2D eigenvalue weighted by molar-refractivity contribution is -0.138. The zero-order chi connectivity index (χ0) is 9.90. The first-order valence-electron chi connectivity index (χ1n) is 3.01. The molecule has 1 aromatic heterocycles. The molecule has 13 heavy (non-hydrogen) atoms. The quantitative estimate of drug-likeness (QED) is 0.521. The number of halogens is 3. The number of thiocarbonyl (C=S) groups is 1. The second-order valence-electron chi connectivity index (χ2n) is 1.97. The predicted molar refractivity (Wildman–Crippen MR) is 41.7 cm³/mol. The molecule has 0 aromatic carbocycles. The number of hydrogen-bond acceptors (Lipinski definition) is 4. The molecule has 7 heteroatoms. The molecule has 1 heterocycles. The Hall–Kier alpha value is -1.33. The van der Waals surface area contributed by atoms with Gasteiger partial charge in [0.2, 0.25) is 0 Å². The van der Waals surface area contributed by atoms with Gasteiger partial charge >= 0.3 is 6.18 Å². The van der Waals surface area contributed by atoms with Crippen molar-refractivity contribution >= 4 is 23.3 Å². The Morgan fingerprint density at radius 2 is 1.85 bits per heavy atom. The summed E-state index contributed by atoms with van der Waals surface area (Å²) in [5.74, 6) is -0.136. The van der Waals surface area contributed by atoms with Crippen molar-refractivity contribution in [3.05, 3.63) is 18.0 Å². The summed E-state index contributed by atoms with van der Waals surface area (Å²) in [5, 5.41) is 1.94. The highest BCUT2D eigenvalue weighted by Gasteiger charge is 2.31. The van der Waals surface area contributed by atoms with Gasteiger partial charge in [0.05, 0.1) is 10.7 Å². The van der Waals surface area contributed by atoms with Crippen LogP contribution in [0.4, 0.5) is 19.1 Å². The van der Waals surface area contributed by atoms with Gasteiger partial charge in [0.1, 0.15) is 0 Å². The minimum atomic E-state index is -4.43. The fourth-order valence-electron chi connectivity index (χ4n) is 0.566. The molecule has 0 spiro atoms. The second-order valence-corrected chi connectivity index (χ2v) is 2.16. The Morgan fingerprint density at radius 1 is 1.31 bits per heavy atom. The van der Waals surface area contributed by atoms with Gasteiger partial charge in [-0.3, -0.25) is 0 Å². The van der Waals surface area contributed by atoms with Crippen LogP contribution < -0.4 is 0 Å². The molecule has 0 N–H and O–H groups in total. The average Bonchev–Trinajstić information content (AvgIpc) is 2.04. The lowest BCUT2D eigenvalue weighted by Crippen LogP contribution is -2.05.